The maximum absolute atomic E-state index is 9.83. The molecule has 2 heterocycles. The standard InChI is InChI=1S/C12H16Cl2N2O/c1-8-2-3-16(7-11(8)17)6-9-5-15-12(14)4-10(9)13/h4-5,8,11,17H,2-3,6-7H2,1H3. The molecular weight excluding hydrogens is 259 g/mol. The van der Waals surface area contributed by atoms with Crippen molar-refractivity contribution in [3.8, 4) is 0 Å². The van der Waals surface area contributed by atoms with Crippen LogP contribution in [0.5, 0.6) is 0 Å². The number of piperidine rings is 1. The second-order valence-electron chi connectivity index (χ2n) is 4.67. The molecule has 1 aromatic heterocycles. The van der Waals surface area contributed by atoms with Gasteiger partial charge in [-0.25, -0.2) is 4.98 Å². The van der Waals surface area contributed by atoms with Crippen molar-refractivity contribution in [1.82, 2.24) is 9.88 Å². The van der Waals surface area contributed by atoms with E-state index in [1.165, 1.54) is 0 Å². The number of halogens is 2. The molecule has 0 aromatic carbocycles. The van der Waals surface area contributed by atoms with Crippen molar-refractivity contribution in [2.75, 3.05) is 13.1 Å². The van der Waals surface area contributed by atoms with Gasteiger partial charge in [0.1, 0.15) is 5.15 Å². The average molecular weight is 275 g/mol. The number of hydrogen-bond donors (Lipinski definition) is 1. The number of likely N-dealkylation sites (tertiary alicyclic amines) is 1. The van der Waals surface area contributed by atoms with Crippen LogP contribution >= 0.6 is 23.2 Å². The Labute approximate surface area is 111 Å². The lowest BCUT2D eigenvalue weighted by Gasteiger charge is -2.34. The summed E-state index contributed by atoms with van der Waals surface area (Å²) in [5, 5.41) is 10.9. The Bertz CT molecular complexity index is 400. The highest BCUT2D eigenvalue weighted by Crippen LogP contribution is 2.23. The molecule has 1 aliphatic heterocycles. The van der Waals surface area contributed by atoms with Gasteiger partial charge in [-0.3, -0.25) is 4.90 Å². The number of β-amino-alcohol motifs (C(OH)–C–C–N with tert-alkyl or cyclic N) is 1. The van der Waals surface area contributed by atoms with Crippen molar-refractivity contribution < 1.29 is 5.11 Å². The Kier molecular flexibility index (Phi) is 4.26. The molecule has 0 radical (unpaired) electrons. The molecule has 5 heteroatoms. The fraction of sp³-hybridized carbons (Fsp3) is 0.583. The fourth-order valence-corrected chi connectivity index (χ4v) is 2.48. The molecule has 2 rings (SSSR count). The summed E-state index contributed by atoms with van der Waals surface area (Å²) < 4.78 is 0. The highest BCUT2D eigenvalue weighted by atomic mass is 35.5. The molecule has 0 spiro atoms. The van der Waals surface area contributed by atoms with Gasteiger partial charge in [-0.2, -0.15) is 0 Å². The molecule has 0 saturated carbocycles. The first-order valence-electron chi connectivity index (χ1n) is 5.76. The smallest absolute Gasteiger partial charge is 0.130 e. The molecule has 0 aliphatic carbocycles. The van der Waals surface area contributed by atoms with Gasteiger partial charge in [0.2, 0.25) is 0 Å². The summed E-state index contributed by atoms with van der Waals surface area (Å²) in [6.07, 6.45) is 2.47. The topological polar surface area (TPSA) is 36.4 Å². The van der Waals surface area contributed by atoms with E-state index < -0.39 is 0 Å². The SMILES string of the molecule is CC1CCN(Cc2cnc(Cl)cc2Cl)CC1O. The molecule has 2 unspecified atom stereocenters. The molecule has 1 saturated heterocycles. The number of pyridine rings is 1. The third kappa shape index (κ3) is 3.32. The van der Waals surface area contributed by atoms with Gasteiger partial charge in [-0.1, -0.05) is 30.1 Å². The van der Waals surface area contributed by atoms with Gasteiger partial charge >= 0.3 is 0 Å². The molecule has 94 valence electrons. The van der Waals surface area contributed by atoms with Crippen LogP contribution < -0.4 is 0 Å². The lowest BCUT2D eigenvalue weighted by Crippen LogP contribution is -2.42. The molecule has 0 amide bonds. The monoisotopic (exact) mass is 274 g/mol. The van der Waals surface area contributed by atoms with Crippen molar-refractivity contribution in [1.29, 1.82) is 0 Å². The van der Waals surface area contributed by atoms with Crippen LogP contribution in [0.4, 0.5) is 0 Å². The fourth-order valence-electron chi connectivity index (χ4n) is 2.05. The van der Waals surface area contributed by atoms with Crippen molar-refractivity contribution in [2.24, 2.45) is 5.92 Å². The third-order valence-electron chi connectivity index (χ3n) is 3.29. The van der Waals surface area contributed by atoms with Crippen LogP contribution in [0.3, 0.4) is 0 Å². The molecule has 1 aliphatic rings. The summed E-state index contributed by atoms with van der Waals surface area (Å²) in [6, 6.07) is 1.65. The van der Waals surface area contributed by atoms with Crippen LogP contribution in [0.15, 0.2) is 12.3 Å². The average Bonchev–Trinajstić information content (AvgIpc) is 2.27. The molecule has 1 aromatic rings. The van der Waals surface area contributed by atoms with Crippen LogP contribution in [-0.4, -0.2) is 34.2 Å². The maximum atomic E-state index is 9.83. The van der Waals surface area contributed by atoms with E-state index >= 15 is 0 Å². The van der Waals surface area contributed by atoms with E-state index in [2.05, 4.69) is 16.8 Å². The summed E-state index contributed by atoms with van der Waals surface area (Å²) in [6.45, 7) is 4.48. The van der Waals surface area contributed by atoms with Gasteiger partial charge in [0.05, 0.1) is 6.10 Å². The first-order valence-corrected chi connectivity index (χ1v) is 6.52. The normalized spacial score (nSPS) is 26.1. The Hall–Kier alpha value is -0.350. The minimum Gasteiger partial charge on any atom is -0.392 e. The Morgan fingerprint density at radius 2 is 2.29 bits per heavy atom. The minimum absolute atomic E-state index is 0.247. The van der Waals surface area contributed by atoms with Crippen LogP contribution in [0, 0.1) is 5.92 Å². The van der Waals surface area contributed by atoms with E-state index in [-0.39, 0.29) is 6.10 Å². The van der Waals surface area contributed by atoms with E-state index in [0.29, 0.717) is 29.2 Å². The van der Waals surface area contributed by atoms with Crippen molar-refractivity contribution in [2.45, 2.75) is 26.0 Å². The van der Waals surface area contributed by atoms with E-state index in [4.69, 9.17) is 23.2 Å². The number of rotatable bonds is 2. The summed E-state index contributed by atoms with van der Waals surface area (Å²) >= 11 is 11.9. The first kappa shape index (κ1) is 13.1. The lowest BCUT2D eigenvalue weighted by atomic mass is 9.96. The number of aliphatic hydroxyl groups excluding tert-OH is 1. The second kappa shape index (κ2) is 5.53. The van der Waals surface area contributed by atoms with Gasteiger partial charge in [-0.05, 0) is 24.9 Å². The molecule has 0 bridgehead atoms. The number of aromatic nitrogens is 1. The lowest BCUT2D eigenvalue weighted by molar-refractivity contribution is 0.0259. The minimum atomic E-state index is -0.247. The molecule has 17 heavy (non-hydrogen) atoms. The molecular formula is C12H16Cl2N2O. The quantitative estimate of drug-likeness (QED) is 0.843. The zero-order valence-corrected chi connectivity index (χ0v) is 11.2. The molecule has 2 atom stereocenters. The van der Waals surface area contributed by atoms with Gasteiger partial charge in [0.15, 0.2) is 0 Å². The zero-order valence-electron chi connectivity index (χ0n) is 9.74. The van der Waals surface area contributed by atoms with Crippen molar-refractivity contribution in [3.63, 3.8) is 0 Å². The zero-order chi connectivity index (χ0) is 12.4. The Balaban J connectivity index is 2.01. The van der Waals surface area contributed by atoms with Crippen molar-refractivity contribution in [3.05, 3.63) is 28.0 Å². The van der Waals surface area contributed by atoms with Gasteiger partial charge in [0, 0.05) is 29.9 Å². The number of nitrogens with zero attached hydrogens (tertiary/aromatic N) is 2. The van der Waals surface area contributed by atoms with Gasteiger partial charge in [0.25, 0.3) is 0 Å². The van der Waals surface area contributed by atoms with E-state index in [1.54, 1.807) is 12.3 Å². The Morgan fingerprint density at radius 1 is 1.53 bits per heavy atom. The summed E-state index contributed by atoms with van der Waals surface area (Å²) in [7, 11) is 0. The number of aliphatic hydroxyl groups is 1. The van der Waals surface area contributed by atoms with Gasteiger partial charge in [-0.15, -0.1) is 0 Å². The summed E-state index contributed by atoms with van der Waals surface area (Å²) in [5.74, 6) is 0.380. The van der Waals surface area contributed by atoms with Crippen LogP contribution in [0.25, 0.3) is 0 Å². The summed E-state index contributed by atoms with van der Waals surface area (Å²) in [5.41, 5.74) is 0.956. The van der Waals surface area contributed by atoms with Crippen LogP contribution in [-0.2, 0) is 6.54 Å². The first-order chi connectivity index (χ1) is 8.06. The van der Waals surface area contributed by atoms with E-state index in [9.17, 15) is 5.11 Å². The van der Waals surface area contributed by atoms with Crippen LogP contribution in [0.2, 0.25) is 10.2 Å². The second-order valence-corrected chi connectivity index (χ2v) is 5.46. The maximum Gasteiger partial charge on any atom is 0.130 e. The van der Waals surface area contributed by atoms with E-state index in [1.807, 2.05) is 0 Å². The molecule has 3 nitrogen and oxygen atoms in total. The third-order valence-corrected chi connectivity index (χ3v) is 3.85. The van der Waals surface area contributed by atoms with Crippen molar-refractivity contribution >= 4 is 23.2 Å². The number of hydrogen-bond acceptors (Lipinski definition) is 3. The highest BCUT2D eigenvalue weighted by molar-refractivity contribution is 6.34. The summed E-state index contributed by atoms with van der Waals surface area (Å²) in [4.78, 5) is 6.23. The van der Waals surface area contributed by atoms with Gasteiger partial charge < -0.3 is 5.11 Å². The molecule has 1 N–H and O–H groups in total. The molecule has 1 fully saturated rings. The predicted molar refractivity (Wildman–Crippen MR) is 69.3 cm³/mol. The van der Waals surface area contributed by atoms with Crippen LogP contribution in [0.1, 0.15) is 18.9 Å². The van der Waals surface area contributed by atoms with E-state index in [0.717, 1.165) is 18.5 Å². The highest BCUT2D eigenvalue weighted by Gasteiger charge is 2.24. The largest absolute Gasteiger partial charge is 0.392 e. The predicted octanol–water partition coefficient (Wildman–Crippen LogP) is 2.59. The Morgan fingerprint density at radius 3 is 2.94 bits per heavy atom.